The lowest BCUT2D eigenvalue weighted by molar-refractivity contribution is 0.853. The van der Waals surface area contributed by atoms with Crippen molar-refractivity contribution in [1.29, 1.82) is 0 Å². The third-order valence-electron chi connectivity index (χ3n) is 2.37. The maximum atomic E-state index is 5.71. The zero-order chi connectivity index (χ0) is 10.6. The van der Waals surface area contributed by atoms with Gasteiger partial charge in [0.25, 0.3) is 0 Å². The normalized spacial score (nSPS) is 10.3. The molecule has 2 nitrogen and oxygen atoms in total. The smallest absolute Gasteiger partial charge is 0.0422 e. The monoisotopic (exact) mass is 256 g/mol. The summed E-state index contributed by atoms with van der Waals surface area (Å²) in [4.78, 5) is 2.31. The molecular formula is C11H17BrN2. The SMILES string of the molecule is CCN(CC)c1cc(Br)ccc1CN. The van der Waals surface area contributed by atoms with E-state index in [9.17, 15) is 0 Å². The largest absolute Gasteiger partial charge is 0.372 e. The molecule has 0 saturated heterocycles. The van der Waals surface area contributed by atoms with Gasteiger partial charge in [-0.25, -0.2) is 0 Å². The molecule has 0 saturated carbocycles. The quantitative estimate of drug-likeness (QED) is 0.898. The minimum absolute atomic E-state index is 0.596. The number of hydrogen-bond donors (Lipinski definition) is 1. The summed E-state index contributed by atoms with van der Waals surface area (Å²) >= 11 is 3.48. The molecular weight excluding hydrogens is 240 g/mol. The lowest BCUT2D eigenvalue weighted by Crippen LogP contribution is -2.23. The standard InChI is InChI=1S/C11H17BrN2/c1-3-14(4-2)11-7-10(12)6-5-9(11)8-13/h5-7H,3-4,8,13H2,1-2H3. The summed E-state index contributed by atoms with van der Waals surface area (Å²) < 4.78 is 1.11. The summed E-state index contributed by atoms with van der Waals surface area (Å²) in [5.41, 5.74) is 8.15. The molecule has 0 amide bonds. The highest BCUT2D eigenvalue weighted by Gasteiger charge is 2.07. The Hall–Kier alpha value is -0.540. The maximum Gasteiger partial charge on any atom is 0.0422 e. The first-order chi connectivity index (χ1) is 6.72. The molecule has 0 radical (unpaired) electrons. The first-order valence-corrected chi connectivity index (χ1v) is 5.75. The van der Waals surface area contributed by atoms with Crippen molar-refractivity contribution in [3.8, 4) is 0 Å². The van der Waals surface area contributed by atoms with Crippen molar-refractivity contribution < 1.29 is 0 Å². The van der Waals surface area contributed by atoms with Gasteiger partial charge in [0.2, 0.25) is 0 Å². The molecule has 1 rings (SSSR count). The number of anilines is 1. The molecule has 0 atom stereocenters. The van der Waals surface area contributed by atoms with Crippen molar-refractivity contribution >= 4 is 21.6 Å². The molecule has 0 aliphatic rings. The van der Waals surface area contributed by atoms with Crippen LogP contribution in [-0.2, 0) is 6.54 Å². The van der Waals surface area contributed by atoms with Crippen LogP contribution in [0.15, 0.2) is 22.7 Å². The van der Waals surface area contributed by atoms with Gasteiger partial charge in [-0.05, 0) is 31.5 Å². The number of benzene rings is 1. The van der Waals surface area contributed by atoms with E-state index in [2.05, 4.69) is 46.8 Å². The molecule has 0 fully saturated rings. The lowest BCUT2D eigenvalue weighted by atomic mass is 10.1. The third-order valence-corrected chi connectivity index (χ3v) is 2.86. The molecule has 3 heteroatoms. The minimum Gasteiger partial charge on any atom is -0.372 e. The highest BCUT2D eigenvalue weighted by atomic mass is 79.9. The van der Waals surface area contributed by atoms with E-state index in [1.54, 1.807) is 0 Å². The number of halogens is 1. The number of hydrogen-bond acceptors (Lipinski definition) is 2. The van der Waals surface area contributed by atoms with Crippen LogP contribution in [-0.4, -0.2) is 13.1 Å². The van der Waals surface area contributed by atoms with Gasteiger partial charge < -0.3 is 10.6 Å². The van der Waals surface area contributed by atoms with E-state index in [1.165, 1.54) is 11.3 Å². The lowest BCUT2D eigenvalue weighted by Gasteiger charge is -2.24. The molecule has 0 unspecified atom stereocenters. The Morgan fingerprint density at radius 2 is 1.93 bits per heavy atom. The fourth-order valence-corrected chi connectivity index (χ4v) is 1.92. The molecule has 0 aromatic heterocycles. The summed E-state index contributed by atoms with van der Waals surface area (Å²) in [6.45, 7) is 6.94. The second-order valence-electron chi connectivity index (χ2n) is 3.15. The number of nitrogens with two attached hydrogens (primary N) is 1. The maximum absolute atomic E-state index is 5.71. The van der Waals surface area contributed by atoms with Gasteiger partial charge in [-0.2, -0.15) is 0 Å². The van der Waals surface area contributed by atoms with Gasteiger partial charge in [0, 0.05) is 29.8 Å². The summed E-state index contributed by atoms with van der Waals surface area (Å²) in [5, 5.41) is 0. The minimum atomic E-state index is 0.596. The summed E-state index contributed by atoms with van der Waals surface area (Å²) in [6.07, 6.45) is 0. The van der Waals surface area contributed by atoms with Gasteiger partial charge in [0.15, 0.2) is 0 Å². The van der Waals surface area contributed by atoms with Crippen LogP contribution in [0.3, 0.4) is 0 Å². The highest BCUT2D eigenvalue weighted by molar-refractivity contribution is 9.10. The van der Waals surface area contributed by atoms with E-state index in [1.807, 2.05) is 6.07 Å². The van der Waals surface area contributed by atoms with Crippen molar-refractivity contribution in [3.05, 3.63) is 28.2 Å². The predicted octanol–water partition coefficient (Wildman–Crippen LogP) is 2.75. The van der Waals surface area contributed by atoms with Crippen molar-refractivity contribution in [1.82, 2.24) is 0 Å². The zero-order valence-corrected chi connectivity index (χ0v) is 10.3. The van der Waals surface area contributed by atoms with E-state index < -0.39 is 0 Å². The zero-order valence-electron chi connectivity index (χ0n) is 8.76. The Kier molecular flexibility index (Phi) is 4.42. The third kappa shape index (κ3) is 2.49. The van der Waals surface area contributed by atoms with Gasteiger partial charge in [0.1, 0.15) is 0 Å². The summed E-state index contributed by atoms with van der Waals surface area (Å²) in [6, 6.07) is 6.25. The summed E-state index contributed by atoms with van der Waals surface area (Å²) in [7, 11) is 0. The predicted molar refractivity (Wildman–Crippen MR) is 65.6 cm³/mol. The first kappa shape index (κ1) is 11.5. The average molecular weight is 257 g/mol. The topological polar surface area (TPSA) is 29.3 Å². The fourth-order valence-electron chi connectivity index (χ4n) is 1.57. The van der Waals surface area contributed by atoms with Crippen LogP contribution in [0.5, 0.6) is 0 Å². The molecule has 78 valence electrons. The Bertz CT molecular complexity index is 295. The second-order valence-corrected chi connectivity index (χ2v) is 4.07. The van der Waals surface area contributed by atoms with Crippen LogP contribution in [0, 0.1) is 0 Å². The van der Waals surface area contributed by atoms with Crippen LogP contribution in [0.1, 0.15) is 19.4 Å². The van der Waals surface area contributed by atoms with Crippen LogP contribution in [0.25, 0.3) is 0 Å². The number of rotatable bonds is 4. The molecule has 0 aliphatic carbocycles. The van der Waals surface area contributed by atoms with E-state index >= 15 is 0 Å². The Labute approximate surface area is 94.2 Å². The van der Waals surface area contributed by atoms with Crippen molar-refractivity contribution in [3.63, 3.8) is 0 Å². The van der Waals surface area contributed by atoms with Gasteiger partial charge in [0.05, 0.1) is 0 Å². The van der Waals surface area contributed by atoms with Gasteiger partial charge in [-0.1, -0.05) is 22.0 Å². The Balaban J connectivity index is 3.08. The second kappa shape index (κ2) is 5.37. The molecule has 0 spiro atoms. The molecule has 1 aromatic rings. The van der Waals surface area contributed by atoms with Crippen LogP contribution in [0.4, 0.5) is 5.69 Å². The van der Waals surface area contributed by atoms with Gasteiger partial charge >= 0.3 is 0 Å². The van der Waals surface area contributed by atoms with Gasteiger partial charge in [-0.3, -0.25) is 0 Å². The summed E-state index contributed by atoms with van der Waals surface area (Å²) in [5.74, 6) is 0. The van der Waals surface area contributed by atoms with E-state index in [0.29, 0.717) is 6.54 Å². The first-order valence-electron chi connectivity index (χ1n) is 4.96. The Morgan fingerprint density at radius 3 is 2.43 bits per heavy atom. The van der Waals surface area contributed by atoms with Crippen LogP contribution >= 0.6 is 15.9 Å². The molecule has 0 heterocycles. The van der Waals surface area contributed by atoms with Crippen molar-refractivity contribution in [2.75, 3.05) is 18.0 Å². The van der Waals surface area contributed by atoms with Crippen molar-refractivity contribution in [2.24, 2.45) is 5.73 Å². The number of nitrogens with zero attached hydrogens (tertiary/aromatic N) is 1. The van der Waals surface area contributed by atoms with E-state index in [4.69, 9.17) is 5.73 Å². The van der Waals surface area contributed by atoms with E-state index in [0.717, 1.165) is 17.6 Å². The van der Waals surface area contributed by atoms with Crippen LogP contribution in [0.2, 0.25) is 0 Å². The molecule has 0 aliphatic heterocycles. The van der Waals surface area contributed by atoms with Crippen LogP contribution < -0.4 is 10.6 Å². The molecule has 0 bridgehead atoms. The fraction of sp³-hybridized carbons (Fsp3) is 0.455. The highest BCUT2D eigenvalue weighted by Crippen LogP contribution is 2.24. The van der Waals surface area contributed by atoms with Crippen molar-refractivity contribution in [2.45, 2.75) is 20.4 Å². The Morgan fingerprint density at radius 1 is 1.29 bits per heavy atom. The average Bonchev–Trinajstić information content (AvgIpc) is 2.20. The molecule has 14 heavy (non-hydrogen) atoms. The van der Waals surface area contributed by atoms with Gasteiger partial charge in [-0.15, -0.1) is 0 Å². The molecule has 2 N–H and O–H groups in total. The van der Waals surface area contributed by atoms with E-state index in [-0.39, 0.29) is 0 Å². The molecule has 1 aromatic carbocycles.